The number of nitrogens with zero attached hydrogens (tertiary/aromatic N) is 2. The predicted molar refractivity (Wildman–Crippen MR) is 51.0 cm³/mol. The molecule has 0 spiro atoms. The summed E-state index contributed by atoms with van der Waals surface area (Å²) in [5.41, 5.74) is 3.69. The molecule has 2 radical (unpaired) electrons. The molecule has 0 fully saturated rings. The van der Waals surface area contributed by atoms with E-state index in [1.165, 1.54) is 11.1 Å². The Morgan fingerprint density at radius 2 is 1.93 bits per heavy atom. The van der Waals surface area contributed by atoms with Crippen molar-refractivity contribution in [1.29, 1.82) is 0 Å². The van der Waals surface area contributed by atoms with Gasteiger partial charge in [-0.05, 0) is 6.92 Å². The molecule has 4 heteroatoms. The van der Waals surface area contributed by atoms with Gasteiger partial charge in [-0.25, -0.2) is 0 Å². The summed E-state index contributed by atoms with van der Waals surface area (Å²) >= 11 is 0. The summed E-state index contributed by atoms with van der Waals surface area (Å²) in [6, 6.07) is 6.37. The Morgan fingerprint density at radius 3 is 2.71 bits per heavy atom. The average molecular weight is 614 g/mol. The normalized spacial score (nSPS) is 13.8. The van der Waals surface area contributed by atoms with Crippen molar-refractivity contribution in [3.63, 3.8) is 0 Å². The molecule has 2 nitrogen and oxygen atoms in total. The monoisotopic (exact) mass is 614 g/mol. The van der Waals surface area contributed by atoms with E-state index >= 15 is 0 Å². The molecule has 2 rings (SSSR count). The number of aryl methyl sites for hydroxylation is 1. The zero-order valence-electron chi connectivity index (χ0n) is 8.40. The molecule has 1 aliphatic heterocycles. The van der Waals surface area contributed by atoms with Crippen molar-refractivity contribution in [3.8, 4) is 0 Å². The fraction of sp³-hybridized carbons (Fsp3) is 0.400. The Labute approximate surface area is 157 Å². The molecule has 1 aliphatic rings. The van der Waals surface area contributed by atoms with Gasteiger partial charge in [0.25, 0.3) is 0 Å². The molecule has 1 aromatic carbocycles. The molecule has 0 unspecified atom stereocenters. The van der Waals surface area contributed by atoms with E-state index < -0.39 is 0 Å². The van der Waals surface area contributed by atoms with Gasteiger partial charge in [-0.15, -0.1) is 12.2 Å². The smallest absolute Gasteiger partial charge is 0 e. The Bertz CT molecular complexity index is 289. The van der Waals surface area contributed by atoms with Crippen LogP contribution in [0.4, 0.5) is 5.69 Å². The van der Waals surface area contributed by atoms with Gasteiger partial charge in [0, 0.05) is 88.1 Å². The first-order chi connectivity index (χ1) is 5.86. The van der Waals surface area contributed by atoms with Crippen LogP contribution in [0, 0.1) is 95.0 Å². The molecule has 70 valence electrons. The molecule has 0 amide bonds. The number of hydrogen-bond donors (Lipinski definition) is 0. The number of rotatable bonds is 0. The van der Waals surface area contributed by atoms with E-state index in [-0.39, 0.29) is 88.1 Å². The van der Waals surface area contributed by atoms with Crippen molar-refractivity contribution in [2.75, 3.05) is 13.1 Å². The molecular weight excluding hydrogens is 602 g/mol. The van der Waals surface area contributed by atoms with Gasteiger partial charge in [0.05, 0.1) is 0 Å². The van der Waals surface area contributed by atoms with Crippen LogP contribution in [0.1, 0.15) is 11.1 Å². The third kappa shape index (κ3) is 4.39. The number of hydrogen-bond acceptors (Lipinski definition) is 0. The van der Waals surface area contributed by atoms with Gasteiger partial charge in [-0.2, -0.15) is 13.1 Å². The van der Waals surface area contributed by atoms with Crippen LogP contribution in [0.2, 0.25) is 0 Å². The van der Waals surface area contributed by atoms with Crippen molar-refractivity contribution in [2.24, 2.45) is 0 Å². The van der Waals surface area contributed by atoms with E-state index in [4.69, 9.17) is 0 Å². The SMILES string of the molecule is Cc1ccc2c(c1)C[N-]CC[N-]2.[Ac].[Ac]. The molecule has 0 N–H and O–H groups in total. The third-order valence-electron chi connectivity index (χ3n) is 2.06. The van der Waals surface area contributed by atoms with Crippen LogP contribution < -0.4 is 0 Å². The fourth-order valence-corrected chi connectivity index (χ4v) is 1.44. The van der Waals surface area contributed by atoms with Crippen LogP contribution >= 0.6 is 0 Å². The fourth-order valence-electron chi connectivity index (χ4n) is 1.44. The summed E-state index contributed by atoms with van der Waals surface area (Å²) in [5, 5.41) is 8.79. The van der Waals surface area contributed by atoms with Gasteiger partial charge < -0.3 is 10.6 Å². The Kier molecular flexibility index (Phi) is 9.10. The van der Waals surface area contributed by atoms with Crippen molar-refractivity contribution >= 4 is 5.69 Å². The molecule has 1 aromatic rings. The van der Waals surface area contributed by atoms with Gasteiger partial charge in [-0.3, -0.25) is 0 Å². The largest absolute Gasteiger partial charge is 0.685 e. The van der Waals surface area contributed by atoms with Crippen molar-refractivity contribution < 1.29 is 88.1 Å². The van der Waals surface area contributed by atoms with Crippen LogP contribution in [-0.2, 0) is 6.54 Å². The maximum Gasteiger partial charge on any atom is 0 e. The molecule has 0 saturated carbocycles. The van der Waals surface area contributed by atoms with Crippen LogP contribution in [0.25, 0.3) is 10.6 Å². The maximum absolute atomic E-state index is 4.43. The predicted octanol–water partition coefficient (Wildman–Crippen LogP) is 2.89. The topological polar surface area (TPSA) is 28.2 Å². The summed E-state index contributed by atoms with van der Waals surface area (Å²) in [5.74, 6) is 0. The maximum atomic E-state index is 4.43. The van der Waals surface area contributed by atoms with E-state index in [0.717, 1.165) is 25.3 Å². The van der Waals surface area contributed by atoms with E-state index in [0.29, 0.717) is 0 Å². The summed E-state index contributed by atoms with van der Waals surface area (Å²) < 4.78 is 0. The van der Waals surface area contributed by atoms with Crippen LogP contribution in [0.5, 0.6) is 0 Å². The van der Waals surface area contributed by atoms with E-state index in [2.05, 4.69) is 35.8 Å². The second-order valence-corrected chi connectivity index (χ2v) is 3.12. The van der Waals surface area contributed by atoms with Crippen molar-refractivity contribution in [2.45, 2.75) is 13.5 Å². The first-order valence-electron chi connectivity index (χ1n) is 4.26. The van der Waals surface area contributed by atoms with E-state index in [9.17, 15) is 0 Å². The van der Waals surface area contributed by atoms with E-state index in [1.807, 2.05) is 0 Å². The quantitative estimate of drug-likeness (QED) is 0.431. The minimum atomic E-state index is 0. The van der Waals surface area contributed by atoms with Gasteiger partial charge in [0.1, 0.15) is 0 Å². The van der Waals surface area contributed by atoms with Crippen molar-refractivity contribution in [3.05, 3.63) is 40.0 Å². The first-order valence-corrected chi connectivity index (χ1v) is 4.26. The summed E-state index contributed by atoms with van der Waals surface area (Å²) in [6.45, 7) is 4.65. The standard InChI is InChI=1S/C10H12N2.2Ac/c1-8-2-3-10-9(6-8)7-11-4-5-12-10;;/h2-3,6H,4-5,7H2,1H3;;/q-2;;. The third-order valence-corrected chi connectivity index (χ3v) is 2.06. The van der Waals surface area contributed by atoms with Gasteiger partial charge in [-0.1, -0.05) is 29.3 Å². The summed E-state index contributed by atoms with van der Waals surface area (Å²) in [6.07, 6.45) is 0. The van der Waals surface area contributed by atoms with Crippen LogP contribution in [0.15, 0.2) is 18.2 Å². The second kappa shape index (κ2) is 8.03. The molecule has 0 aromatic heterocycles. The molecule has 0 bridgehead atoms. The molecule has 0 aliphatic carbocycles. The Morgan fingerprint density at radius 1 is 1.14 bits per heavy atom. The minimum Gasteiger partial charge on any atom is -0.685 e. The van der Waals surface area contributed by atoms with Crippen LogP contribution in [0.3, 0.4) is 0 Å². The van der Waals surface area contributed by atoms with Crippen LogP contribution in [-0.4, -0.2) is 13.1 Å². The molecule has 14 heavy (non-hydrogen) atoms. The first kappa shape index (κ1) is 15.9. The molecule has 1 heterocycles. The number of benzene rings is 1. The van der Waals surface area contributed by atoms with Gasteiger partial charge in [0.2, 0.25) is 0 Å². The zero-order chi connectivity index (χ0) is 8.39. The Hall–Kier alpha value is 1.86. The average Bonchev–Trinajstić information content (AvgIpc) is 2.28. The summed E-state index contributed by atoms with van der Waals surface area (Å²) in [4.78, 5) is 0. The molecule has 0 atom stereocenters. The van der Waals surface area contributed by atoms with Gasteiger partial charge >= 0.3 is 0 Å². The van der Waals surface area contributed by atoms with E-state index in [1.54, 1.807) is 0 Å². The Balaban J connectivity index is 0.000000845. The second-order valence-electron chi connectivity index (χ2n) is 3.12. The minimum absolute atomic E-state index is 0. The summed E-state index contributed by atoms with van der Waals surface area (Å²) in [7, 11) is 0. The number of fused-ring (bicyclic) bond motifs is 1. The zero-order valence-corrected chi connectivity index (χ0v) is 17.9. The van der Waals surface area contributed by atoms with Crippen molar-refractivity contribution in [1.82, 2.24) is 0 Å². The molecular formula is C10H12Ac2N2-2. The van der Waals surface area contributed by atoms with Gasteiger partial charge in [0.15, 0.2) is 0 Å². The molecule has 0 saturated heterocycles.